The van der Waals surface area contributed by atoms with E-state index in [1.165, 1.54) is 0 Å². The Morgan fingerprint density at radius 2 is 1.74 bits per heavy atom. The molecular weight excluding hydrogens is 385 g/mol. The van der Waals surface area contributed by atoms with Crippen molar-refractivity contribution in [1.82, 2.24) is 10.6 Å². The third-order valence-corrected chi connectivity index (χ3v) is 5.72. The number of halogens is 3. The standard InChI is InChI=1S/C13H16Cl3N3O3S/c14-13(15,16)12(20)19-11-7-23(21,22)6-10(11)18-5-8-1-3-9(17)4-2-8/h1-4,10-11,18H,5-7,17H2,(H,19,20)/t10-,11-/m1/s1. The fourth-order valence-electron chi connectivity index (χ4n) is 2.33. The number of rotatable bonds is 4. The summed E-state index contributed by atoms with van der Waals surface area (Å²) in [4.78, 5) is 11.7. The highest BCUT2D eigenvalue weighted by Gasteiger charge is 2.41. The Bertz CT molecular complexity index is 674. The van der Waals surface area contributed by atoms with E-state index in [4.69, 9.17) is 40.5 Å². The quantitative estimate of drug-likeness (QED) is 0.517. The summed E-state index contributed by atoms with van der Waals surface area (Å²) in [7, 11) is -3.27. The minimum atomic E-state index is -3.27. The van der Waals surface area contributed by atoms with Crippen LogP contribution in [-0.4, -0.2) is 41.7 Å². The molecule has 0 radical (unpaired) electrons. The van der Waals surface area contributed by atoms with Crippen molar-refractivity contribution in [2.45, 2.75) is 22.4 Å². The van der Waals surface area contributed by atoms with Crippen LogP contribution in [0.3, 0.4) is 0 Å². The highest BCUT2D eigenvalue weighted by atomic mass is 35.6. The summed E-state index contributed by atoms with van der Waals surface area (Å²) in [6, 6.07) is 6.06. The Morgan fingerprint density at radius 1 is 1.17 bits per heavy atom. The number of alkyl halides is 3. The number of hydrogen-bond acceptors (Lipinski definition) is 5. The van der Waals surface area contributed by atoms with Gasteiger partial charge < -0.3 is 16.4 Å². The molecule has 1 aromatic carbocycles. The highest BCUT2D eigenvalue weighted by Crippen LogP contribution is 2.27. The molecule has 2 atom stereocenters. The number of nitrogen functional groups attached to an aromatic ring is 1. The summed E-state index contributed by atoms with van der Waals surface area (Å²) < 4.78 is 21.5. The van der Waals surface area contributed by atoms with E-state index in [1.807, 2.05) is 12.1 Å². The van der Waals surface area contributed by atoms with Gasteiger partial charge in [-0.3, -0.25) is 4.79 Å². The monoisotopic (exact) mass is 399 g/mol. The van der Waals surface area contributed by atoms with Crippen molar-refractivity contribution in [1.29, 1.82) is 0 Å². The lowest BCUT2D eigenvalue weighted by Gasteiger charge is -2.22. The van der Waals surface area contributed by atoms with Crippen LogP contribution in [0.2, 0.25) is 0 Å². The molecule has 2 rings (SSSR count). The van der Waals surface area contributed by atoms with Crippen LogP contribution in [0.25, 0.3) is 0 Å². The SMILES string of the molecule is Nc1ccc(CN[C@@H]2CS(=O)(=O)C[C@H]2NC(=O)C(Cl)(Cl)Cl)cc1. The first-order chi connectivity index (χ1) is 10.6. The lowest BCUT2D eigenvalue weighted by Crippen LogP contribution is -2.51. The predicted octanol–water partition coefficient (Wildman–Crippen LogP) is 1.01. The van der Waals surface area contributed by atoms with Gasteiger partial charge in [-0.05, 0) is 17.7 Å². The first-order valence-electron chi connectivity index (χ1n) is 6.73. The molecule has 0 saturated carbocycles. The number of hydrogen-bond donors (Lipinski definition) is 3. The van der Waals surface area contributed by atoms with Gasteiger partial charge in [0.1, 0.15) is 0 Å². The Labute approximate surface area is 149 Å². The maximum Gasteiger partial charge on any atom is 0.272 e. The van der Waals surface area contributed by atoms with Gasteiger partial charge in [0.05, 0.1) is 17.5 Å². The van der Waals surface area contributed by atoms with Crippen molar-refractivity contribution in [2.75, 3.05) is 17.2 Å². The van der Waals surface area contributed by atoms with Crippen LogP contribution in [0.4, 0.5) is 5.69 Å². The molecule has 128 valence electrons. The molecule has 1 aromatic rings. The molecule has 10 heteroatoms. The van der Waals surface area contributed by atoms with Gasteiger partial charge in [-0.2, -0.15) is 0 Å². The highest BCUT2D eigenvalue weighted by molar-refractivity contribution is 7.91. The lowest BCUT2D eigenvalue weighted by molar-refractivity contribution is -0.120. The summed E-state index contributed by atoms with van der Waals surface area (Å²) in [5, 5.41) is 5.59. The third-order valence-electron chi connectivity index (χ3n) is 3.47. The third kappa shape index (κ3) is 5.39. The molecule has 0 unspecified atom stereocenters. The molecule has 1 heterocycles. The summed E-state index contributed by atoms with van der Waals surface area (Å²) >= 11 is 16.5. The van der Waals surface area contributed by atoms with Crippen LogP contribution >= 0.6 is 34.8 Å². The Morgan fingerprint density at radius 3 is 2.30 bits per heavy atom. The number of amides is 1. The van der Waals surface area contributed by atoms with Gasteiger partial charge in [0.15, 0.2) is 9.84 Å². The van der Waals surface area contributed by atoms with Crippen LogP contribution in [0, 0.1) is 0 Å². The van der Waals surface area contributed by atoms with Crippen molar-refractivity contribution in [3.05, 3.63) is 29.8 Å². The average molecular weight is 401 g/mol. The second kappa shape index (κ2) is 7.03. The zero-order valence-electron chi connectivity index (χ0n) is 11.9. The van der Waals surface area contributed by atoms with Crippen LogP contribution in [0.5, 0.6) is 0 Å². The van der Waals surface area contributed by atoms with Crippen molar-refractivity contribution in [2.24, 2.45) is 0 Å². The van der Waals surface area contributed by atoms with E-state index in [9.17, 15) is 13.2 Å². The molecule has 1 saturated heterocycles. The fraction of sp³-hybridized carbons (Fsp3) is 0.462. The van der Waals surface area contributed by atoms with E-state index in [1.54, 1.807) is 12.1 Å². The van der Waals surface area contributed by atoms with E-state index >= 15 is 0 Å². The van der Waals surface area contributed by atoms with Crippen LogP contribution in [-0.2, 0) is 21.2 Å². The summed E-state index contributed by atoms with van der Waals surface area (Å²) in [5.41, 5.74) is 7.20. The fourth-order valence-corrected chi connectivity index (χ4v) is 4.39. The zero-order chi connectivity index (χ0) is 17.3. The first kappa shape index (κ1) is 18.6. The predicted molar refractivity (Wildman–Crippen MR) is 92.4 cm³/mol. The molecular formula is C13H16Cl3N3O3S. The summed E-state index contributed by atoms with van der Waals surface area (Å²) in [6.07, 6.45) is 0. The van der Waals surface area contributed by atoms with Crippen molar-refractivity contribution in [3.8, 4) is 0 Å². The maximum atomic E-state index is 11.8. The number of nitrogens with two attached hydrogens (primary N) is 1. The van der Waals surface area contributed by atoms with E-state index in [2.05, 4.69) is 10.6 Å². The van der Waals surface area contributed by atoms with Gasteiger partial charge >= 0.3 is 0 Å². The summed E-state index contributed by atoms with van der Waals surface area (Å²) in [5.74, 6) is -1.13. The van der Waals surface area contributed by atoms with E-state index in [0.29, 0.717) is 12.2 Å². The number of carbonyl (C=O) groups excluding carboxylic acids is 1. The second-order valence-corrected chi connectivity index (χ2v) is 9.82. The molecule has 23 heavy (non-hydrogen) atoms. The normalized spacial score (nSPS) is 23.6. The number of anilines is 1. The molecule has 4 N–H and O–H groups in total. The van der Waals surface area contributed by atoms with Crippen molar-refractivity contribution in [3.63, 3.8) is 0 Å². The smallest absolute Gasteiger partial charge is 0.272 e. The molecule has 0 aliphatic carbocycles. The van der Waals surface area contributed by atoms with Gasteiger partial charge in [0.2, 0.25) is 0 Å². The second-order valence-electron chi connectivity index (χ2n) is 5.38. The largest absolute Gasteiger partial charge is 0.399 e. The van der Waals surface area contributed by atoms with Gasteiger partial charge in [-0.15, -0.1) is 0 Å². The van der Waals surface area contributed by atoms with E-state index in [-0.39, 0.29) is 11.5 Å². The number of carbonyl (C=O) groups is 1. The Hall–Kier alpha value is -0.730. The molecule has 1 aliphatic heterocycles. The van der Waals surface area contributed by atoms with Crippen LogP contribution < -0.4 is 16.4 Å². The van der Waals surface area contributed by atoms with Crippen molar-refractivity contribution >= 4 is 56.2 Å². The lowest BCUT2D eigenvalue weighted by atomic mass is 10.1. The molecule has 0 spiro atoms. The Kier molecular flexibility index (Phi) is 5.68. The number of benzene rings is 1. The van der Waals surface area contributed by atoms with Gasteiger partial charge in [-0.1, -0.05) is 46.9 Å². The number of nitrogens with one attached hydrogen (secondary N) is 2. The number of sulfone groups is 1. The van der Waals surface area contributed by atoms with Gasteiger partial charge in [0.25, 0.3) is 9.70 Å². The molecule has 6 nitrogen and oxygen atoms in total. The minimum Gasteiger partial charge on any atom is -0.399 e. The zero-order valence-corrected chi connectivity index (χ0v) is 15.0. The molecule has 0 bridgehead atoms. The van der Waals surface area contributed by atoms with E-state index < -0.39 is 31.6 Å². The molecule has 1 amide bonds. The average Bonchev–Trinajstić information content (AvgIpc) is 2.71. The molecule has 0 aromatic heterocycles. The van der Waals surface area contributed by atoms with Crippen LogP contribution in [0.15, 0.2) is 24.3 Å². The topological polar surface area (TPSA) is 101 Å². The first-order valence-corrected chi connectivity index (χ1v) is 9.68. The minimum absolute atomic E-state index is 0.0905. The summed E-state index contributed by atoms with van der Waals surface area (Å²) in [6.45, 7) is 0.431. The van der Waals surface area contributed by atoms with E-state index in [0.717, 1.165) is 5.56 Å². The molecule has 1 fully saturated rings. The van der Waals surface area contributed by atoms with Crippen LogP contribution in [0.1, 0.15) is 5.56 Å². The molecule has 1 aliphatic rings. The van der Waals surface area contributed by atoms with Gasteiger partial charge in [0, 0.05) is 18.3 Å². The van der Waals surface area contributed by atoms with Crippen molar-refractivity contribution < 1.29 is 13.2 Å². The Balaban J connectivity index is 2.02. The maximum absolute atomic E-state index is 11.8. The van der Waals surface area contributed by atoms with Gasteiger partial charge in [-0.25, -0.2) is 8.42 Å².